The van der Waals surface area contributed by atoms with Gasteiger partial charge in [-0.3, -0.25) is 0 Å². The van der Waals surface area contributed by atoms with Gasteiger partial charge in [0.15, 0.2) is 0 Å². The number of aliphatic hydroxyl groups excluding tert-OH is 1. The second-order valence-corrected chi connectivity index (χ2v) is 7.72. The van der Waals surface area contributed by atoms with Crippen LogP contribution in [0.2, 0.25) is 0 Å². The number of allylic oxidation sites excluding steroid dienone is 1. The van der Waals surface area contributed by atoms with Gasteiger partial charge < -0.3 is 5.11 Å². The molecule has 0 aromatic rings. The van der Waals surface area contributed by atoms with E-state index in [1.165, 1.54) is 89.9 Å². The van der Waals surface area contributed by atoms with Gasteiger partial charge in [-0.05, 0) is 24.8 Å². The van der Waals surface area contributed by atoms with Crippen molar-refractivity contribution in [1.29, 1.82) is 0 Å². The van der Waals surface area contributed by atoms with Gasteiger partial charge in [-0.2, -0.15) is 0 Å². The molecule has 1 atom stereocenters. The van der Waals surface area contributed by atoms with Crippen molar-refractivity contribution in [3.05, 3.63) is 11.8 Å². The molecule has 0 aliphatic carbocycles. The number of unbranched alkanes of at least 4 members (excludes halogenated alkanes) is 8. The SMILES string of the molecule is CC.CC.CC/C(C)=C\O.CCC.CCCCCCCCCCC(CC)CCCC. The summed E-state index contributed by atoms with van der Waals surface area (Å²) in [6.07, 6.45) is 22.2. The summed E-state index contributed by atoms with van der Waals surface area (Å²) >= 11 is 0. The molecule has 30 heavy (non-hydrogen) atoms. The van der Waals surface area contributed by atoms with E-state index in [2.05, 4.69) is 34.6 Å². The Balaban J connectivity index is -0.000000132. The Kier molecular flexibility index (Phi) is 62.1. The third kappa shape index (κ3) is 50.8. The molecule has 0 radical (unpaired) electrons. The topological polar surface area (TPSA) is 20.2 Å². The maximum Gasteiger partial charge on any atom is 0.0780 e. The predicted octanol–water partition coefficient (Wildman–Crippen LogP) is 12.1. The molecule has 0 saturated heterocycles. The highest BCUT2D eigenvalue weighted by Crippen LogP contribution is 2.20. The molecular formula is C29H66O. The molecule has 0 spiro atoms. The van der Waals surface area contributed by atoms with Crippen LogP contribution in [0.1, 0.15) is 172 Å². The second-order valence-electron chi connectivity index (χ2n) is 7.72. The molecule has 0 saturated carbocycles. The van der Waals surface area contributed by atoms with Gasteiger partial charge >= 0.3 is 0 Å². The van der Waals surface area contributed by atoms with Gasteiger partial charge in [0.25, 0.3) is 0 Å². The average molecular weight is 431 g/mol. The van der Waals surface area contributed by atoms with Crippen LogP contribution in [0.3, 0.4) is 0 Å². The summed E-state index contributed by atoms with van der Waals surface area (Å²) in [7, 11) is 0. The first-order chi connectivity index (χ1) is 14.6. The van der Waals surface area contributed by atoms with E-state index in [4.69, 9.17) is 5.11 Å². The van der Waals surface area contributed by atoms with Gasteiger partial charge in [-0.15, -0.1) is 0 Å². The van der Waals surface area contributed by atoms with Crippen LogP contribution in [0.5, 0.6) is 0 Å². The molecule has 1 N–H and O–H groups in total. The Hall–Kier alpha value is -0.460. The van der Waals surface area contributed by atoms with E-state index < -0.39 is 0 Å². The first kappa shape index (κ1) is 40.0. The monoisotopic (exact) mass is 431 g/mol. The molecule has 0 aromatic carbocycles. The first-order valence-electron chi connectivity index (χ1n) is 13.9. The predicted molar refractivity (Wildman–Crippen MR) is 146 cm³/mol. The summed E-state index contributed by atoms with van der Waals surface area (Å²) in [5, 5.41) is 8.17. The van der Waals surface area contributed by atoms with Crippen LogP contribution in [0.4, 0.5) is 0 Å². The smallest absolute Gasteiger partial charge is 0.0780 e. The van der Waals surface area contributed by atoms with Crippen LogP contribution in [-0.4, -0.2) is 5.11 Å². The summed E-state index contributed by atoms with van der Waals surface area (Å²) in [6, 6.07) is 0. The van der Waals surface area contributed by atoms with Crippen molar-refractivity contribution < 1.29 is 5.11 Å². The fourth-order valence-corrected chi connectivity index (χ4v) is 2.70. The van der Waals surface area contributed by atoms with Gasteiger partial charge in [0.2, 0.25) is 0 Å². The van der Waals surface area contributed by atoms with E-state index >= 15 is 0 Å². The highest BCUT2D eigenvalue weighted by molar-refractivity contribution is 4.89. The van der Waals surface area contributed by atoms with Crippen LogP contribution in [0.25, 0.3) is 0 Å². The van der Waals surface area contributed by atoms with Crippen LogP contribution >= 0.6 is 0 Å². The molecule has 0 amide bonds. The van der Waals surface area contributed by atoms with E-state index in [9.17, 15) is 0 Å². The van der Waals surface area contributed by atoms with Crippen molar-refractivity contribution in [2.75, 3.05) is 0 Å². The quantitative estimate of drug-likeness (QED) is 0.214. The molecule has 188 valence electrons. The van der Waals surface area contributed by atoms with Crippen LogP contribution in [-0.2, 0) is 0 Å². The highest BCUT2D eigenvalue weighted by atomic mass is 16.2. The standard InChI is InChI=1S/C17H36.C5H10O.C3H8.2C2H6/c1-4-7-9-10-11-12-13-14-16-17(6-3)15-8-5-2;1-3-5(2)4-6;1-3-2;2*1-2/h17H,4-16H2,1-3H3;4,6H,3H2,1-2H3;3H2,1-2H3;2*1-2H3/b;5-4-;;;. The molecule has 0 bridgehead atoms. The average Bonchev–Trinajstić information content (AvgIpc) is 2.80. The summed E-state index contributed by atoms with van der Waals surface area (Å²) in [4.78, 5) is 0. The number of rotatable bonds is 14. The van der Waals surface area contributed by atoms with Crippen molar-refractivity contribution >= 4 is 0 Å². The van der Waals surface area contributed by atoms with Crippen molar-refractivity contribution in [3.63, 3.8) is 0 Å². The zero-order valence-corrected chi connectivity index (χ0v) is 23.7. The zero-order chi connectivity index (χ0) is 24.5. The molecule has 0 aliphatic heterocycles. The minimum atomic E-state index is 0.941. The summed E-state index contributed by atoms with van der Waals surface area (Å²) in [6.45, 7) is 23.1. The maximum absolute atomic E-state index is 8.17. The minimum Gasteiger partial charge on any atom is -0.516 e. The normalized spacial score (nSPS) is 10.7. The summed E-state index contributed by atoms with van der Waals surface area (Å²) < 4.78 is 0. The number of hydrogen-bond acceptors (Lipinski definition) is 1. The lowest BCUT2D eigenvalue weighted by Gasteiger charge is -2.13. The van der Waals surface area contributed by atoms with Gasteiger partial charge in [-0.25, -0.2) is 0 Å². The molecule has 0 rings (SSSR count). The van der Waals surface area contributed by atoms with Crippen molar-refractivity contribution in [1.82, 2.24) is 0 Å². The van der Waals surface area contributed by atoms with Crippen LogP contribution in [0.15, 0.2) is 11.8 Å². The molecule has 0 fully saturated rings. The van der Waals surface area contributed by atoms with Gasteiger partial charge in [0.05, 0.1) is 6.26 Å². The van der Waals surface area contributed by atoms with Crippen molar-refractivity contribution in [2.45, 2.75) is 172 Å². The van der Waals surface area contributed by atoms with Crippen LogP contribution in [0, 0.1) is 5.92 Å². The number of hydrogen-bond donors (Lipinski definition) is 1. The Morgan fingerprint density at radius 3 is 1.30 bits per heavy atom. The first-order valence-corrected chi connectivity index (χ1v) is 13.9. The maximum atomic E-state index is 8.17. The Bertz CT molecular complexity index is 245. The van der Waals surface area contributed by atoms with E-state index in [-0.39, 0.29) is 0 Å². The molecular weight excluding hydrogens is 364 g/mol. The van der Waals surface area contributed by atoms with Gasteiger partial charge in [-0.1, -0.05) is 159 Å². The minimum absolute atomic E-state index is 0.941. The second kappa shape index (κ2) is 46.7. The molecule has 1 unspecified atom stereocenters. The molecule has 0 aliphatic rings. The summed E-state index contributed by atoms with van der Waals surface area (Å²) in [5.74, 6) is 1.02. The Labute approximate surface area is 195 Å². The fourth-order valence-electron chi connectivity index (χ4n) is 2.70. The van der Waals surface area contributed by atoms with E-state index in [0.717, 1.165) is 24.2 Å². The lowest BCUT2D eigenvalue weighted by molar-refractivity contribution is 0.399. The Morgan fingerprint density at radius 2 is 1.00 bits per heavy atom. The Morgan fingerprint density at radius 1 is 0.633 bits per heavy atom. The highest BCUT2D eigenvalue weighted by Gasteiger charge is 2.04. The van der Waals surface area contributed by atoms with Gasteiger partial charge in [0.1, 0.15) is 0 Å². The molecule has 1 nitrogen and oxygen atoms in total. The lowest BCUT2D eigenvalue weighted by Crippen LogP contribution is -1.98. The third-order valence-electron chi connectivity index (χ3n) is 4.79. The van der Waals surface area contributed by atoms with E-state index in [1.807, 2.05) is 41.5 Å². The third-order valence-corrected chi connectivity index (χ3v) is 4.79. The lowest BCUT2D eigenvalue weighted by atomic mass is 9.93. The number of aliphatic hydroxyl groups is 1. The largest absolute Gasteiger partial charge is 0.516 e. The van der Waals surface area contributed by atoms with E-state index in [0.29, 0.717) is 0 Å². The zero-order valence-electron chi connectivity index (χ0n) is 23.7. The molecule has 0 heterocycles. The van der Waals surface area contributed by atoms with Crippen molar-refractivity contribution in [2.24, 2.45) is 5.92 Å². The van der Waals surface area contributed by atoms with Crippen molar-refractivity contribution in [3.8, 4) is 0 Å². The van der Waals surface area contributed by atoms with E-state index in [1.54, 1.807) is 0 Å². The molecule has 1 heteroatoms. The fraction of sp³-hybridized carbons (Fsp3) is 0.931. The molecule has 0 aromatic heterocycles. The van der Waals surface area contributed by atoms with Gasteiger partial charge in [0, 0.05) is 0 Å². The summed E-state index contributed by atoms with van der Waals surface area (Å²) in [5.41, 5.74) is 1.02. The van der Waals surface area contributed by atoms with Crippen LogP contribution < -0.4 is 0 Å².